The van der Waals surface area contributed by atoms with Gasteiger partial charge in [-0.3, -0.25) is 9.58 Å². The predicted octanol–water partition coefficient (Wildman–Crippen LogP) is 1.91. The number of hydrogen-bond donors (Lipinski definition) is 1. The highest BCUT2D eigenvalue weighted by Crippen LogP contribution is 2.40. The minimum Gasteiger partial charge on any atom is -0.391 e. The molecule has 3 fully saturated rings. The highest BCUT2D eigenvalue weighted by atomic mass is 16.3. The molecule has 7 heteroatoms. The van der Waals surface area contributed by atoms with Crippen molar-refractivity contribution >= 4 is 11.2 Å². The van der Waals surface area contributed by atoms with Crippen LogP contribution in [0.5, 0.6) is 0 Å². The summed E-state index contributed by atoms with van der Waals surface area (Å²) in [6, 6.07) is 5.88. The fourth-order valence-electron chi connectivity index (χ4n) is 5.48. The number of piperazine rings is 1. The summed E-state index contributed by atoms with van der Waals surface area (Å²) in [5.74, 6) is 0. The van der Waals surface area contributed by atoms with Crippen molar-refractivity contribution < 1.29 is 5.11 Å². The maximum atomic E-state index is 10.2. The van der Waals surface area contributed by atoms with Crippen molar-refractivity contribution in [3.8, 4) is 11.1 Å². The molecule has 1 aliphatic carbocycles. The smallest absolute Gasteiger partial charge is 0.0886 e. The Morgan fingerprint density at radius 3 is 2.46 bits per heavy atom. The zero-order valence-corrected chi connectivity index (χ0v) is 16.1. The Kier molecular flexibility index (Phi) is 3.58. The summed E-state index contributed by atoms with van der Waals surface area (Å²) in [4.78, 5) is 5.18. The summed E-state index contributed by atoms with van der Waals surface area (Å²) in [5.41, 5.74) is 4.67. The molecule has 3 aromatic heterocycles. The van der Waals surface area contributed by atoms with E-state index in [0.29, 0.717) is 18.1 Å². The molecular formula is C21H26N6O. The molecule has 146 valence electrons. The molecule has 0 aromatic carbocycles. The normalized spacial score (nSPS) is 30.1. The van der Waals surface area contributed by atoms with Crippen LogP contribution in [0.4, 0.5) is 5.69 Å². The molecule has 2 saturated heterocycles. The summed E-state index contributed by atoms with van der Waals surface area (Å²) in [5, 5.41) is 19.0. The van der Waals surface area contributed by atoms with E-state index in [0.717, 1.165) is 42.6 Å². The molecule has 1 saturated carbocycles. The van der Waals surface area contributed by atoms with Gasteiger partial charge < -0.3 is 10.0 Å². The Balaban J connectivity index is 1.32. The first-order valence-electron chi connectivity index (χ1n) is 10.3. The molecule has 28 heavy (non-hydrogen) atoms. The first kappa shape index (κ1) is 16.6. The summed E-state index contributed by atoms with van der Waals surface area (Å²) in [6.07, 6.45) is 12.4. The number of aryl methyl sites for hydroxylation is 1. The van der Waals surface area contributed by atoms with Crippen molar-refractivity contribution in [1.29, 1.82) is 0 Å². The molecular weight excluding hydrogens is 352 g/mol. The molecule has 7 nitrogen and oxygen atoms in total. The average molecular weight is 378 g/mol. The average Bonchev–Trinajstić information content (AvgIpc) is 3.36. The molecule has 0 amide bonds. The van der Waals surface area contributed by atoms with E-state index in [1.165, 1.54) is 18.5 Å². The number of aliphatic hydroxyl groups excluding tert-OH is 1. The van der Waals surface area contributed by atoms with Crippen molar-refractivity contribution in [3.05, 3.63) is 36.9 Å². The van der Waals surface area contributed by atoms with Crippen LogP contribution in [0.15, 0.2) is 36.9 Å². The third-order valence-corrected chi connectivity index (χ3v) is 6.99. The van der Waals surface area contributed by atoms with E-state index in [-0.39, 0.29) is 6.10 Å². The van der Waals surface area contributed by atoms with Crippen LogP contribution in [0.1, 0.15) is 25.7 Å². The van der Waals surface area contributed by atoms with Gasteiger partial charge in [-0.1, -0.05) is 0 Å². The first-order valence-corrected chi connectivity index (χ1v) is 10.3. The minimum absolute atomic E-state index is 0.116. The largest absolute Gasteiger partial charge is 0.391 e. The van der Waals surface area contributed by atoms with Crippen LogP contribution in [0.2, 0.25) is 0 Å². The third kappa shape index (κ3) is 2.42. The summed E-state index contributed by atoms with van der Waals surface area (Å²) >= 11 is 0. The lowest BCUT2D eigenvalue weighted by atomic mass is 9.86. The second-order valence-electron chi connectivity index (χ2n) is 8.63. The van der Waals surface area contributed by atoms with Gasteiger partial charge in [0.25, 0.3) is 0 Å². The SMILES string of the molecule is Cn1cc(-c2cc3c(N4CC5CCC(C4)N5[C@H]4CC[C@@H]4O)ccnn3c2)cn1. The quantitative estimate of drug-likeness (QED) is 0.754. The highest BCUT2D eigenvalue weighted by molar-refractivity contribution is 5.79. The Hall–Kier alpha value is -2.38. The van der Waals surface area contributed by atoms with Gasteiger partial charge in [-0.15, -0.1) is 0 Å². The lowest BCUT2D eigenvalue weighted by Crippen LogP contribution is -2.62. The van der Waals surface area contributed by atoms with Crippen LogP contribution in [0.25, 0.3) is 16.6 Å². The maximum absolute atomic E-state index is 10.2. The number of anilines is 1. The fourth-order valence-corrected chi connectivity index (χ4v) is 5.48. The molecule has 4 atom stereocenters. The first-order chi connectivity index (χ1) is 13.7. The van der Waals surface area contributed by atoms with Crippen molar-refractivity contribution in [1.82, 2.24) is 24.3 Å². The summed E-state index contributed by atoms with van der Waals surface area (Å²) < 4.78 is 3.82. The molecule has 0 spiro atoms. The highest BCUT2D eigenvalue weighted by Gasteiger charge is 2.47. The van der Waals surface area contributed by atoms with Gasteiger partial charge in [0.15, 0.2) is 0 Å². The lowest BCUT2D eigenvalue weighted by molar-refractivity contribution is -0.0472. The number of aliphatic hydroxyl groups is 1. The van der Waals surface area contributed by atoms with Gasteiger partial charge in [-0.25, -0.2) is 4.52 Å². The van der Waals surface area contributed by atoms with Crippen LogP contribution < -0.4 is 4.90 Å². The number of fused-ring (bicyclic) bond motifs is 3. The zero-order valence-electron chi connectivity index (χ0n) is 16.1. The molecule has 2 unspecified atom stereocenters. The van der Waals surface area contributed by atoms with Crippen molar-refractivity contribution in [2.24, 2.45) is 7.05 Å². The molecule has 5 heterocycles. The van der Waals surface area contributed by atoms with Gasteiger partial charge in [0.2, 0.25) is 0 Å². The van der Waals surface area contributed by atoms with E-state index >= 15 is 0 Å². The van der Waals surface area contributed by atoms with Crippen molar-refractivity contribution in [3.63, 3.8) is 0 Å². The van der Waals surface area contributed by atoms with E-state index in [9.17, 15) is 5.11 Å². The molecule has 3 aromatic rings. The van der Waals surface area contributed by atoms with Crippen LogP contribution >= 0.6 is 0 Å². The Labute approximate surface area is 164 Å². The summed E-state index contributed by atoms with van der Waals surface area (Å²) in [7, 11) is 1.94. The van der Waals surface area contributed by atoms with Crippen LogP contribution in [-0.4, -0.2) is 66.7 Å². The zero-order chi connectivity index (χ0) is 18.8. The number of rotatable bonds is 3. The molecule has 0 radical (unpaired) electrons. The van der Waals surface area contributed by atoms with Gasteiger partial charge in [-0.2, -0.15) is 10.2 Å². The number of hydrogen-bond acceptors (Lipinski definition) is 5. The Bertz CT molecular complexity index is 1010. The van der Waals surface area contributed by atoms with Crippen molar-refractivity contribution in [2.45, 2.75) is 49.9 Å². The number of aromatic nitrogens is 4. The van der Waals surface area contributed by atoms with Gasteiger partial charge in [0.1, 0.15) is 0 Å². The van der Waals surface area contributed by atoms with Gasteiger partial charge in [0.05, 0.1) is 23.5 Å². The fraction of sp³-hybridized carbons (Fsp3) is 0.524. The maximum Gasteiger partial charge on any atom is 0.0886 e. The standard InChI is InChI=1S/C21H26N6O/c1-24-10-15(9-23-24)14-8-20-18(6-7-22-26(20)11-14)25-12-16-2-3-17(13-25)27(16)19-4-5-21(19)28/h6-11,16-17,19,21,28H,2-5,12-13H2,1H3/t16?,17?,19-,21-/m0/s1. The Morgan fingerprint density at radius 2 is 1.82 bits per heavy atom. The minimum atomic E-state index is -0.116. The monoisotopic (exact) mass is 378 g/mol. The van der Waals surface area contributed by atoms with Gasteiger partial charge in [-0.05, 0) is 37.8 Å². The molecule has 6 rings (SSSR count). The van der Waals surface area contributed by atoms with Crippen LogP contribution in [0.3, 0.4) is 0 Å². The second-order valence-corrected chi connectivity index (χ2v) is 8.63. The van der Waals surface area contributed by atoms with Crippen LogP contribution in [-0.2, 0) is 7.05 Å². The van der Waals surface area contributed by atoms with Gasteiger partial charge >= 0.3 is 0 Å². The van der Waals surface area contributed by atoms with Gasteiger partial charge in [0, 0.05) is 68.0 Å². The summed E-state index contributed by atoms with van der Waals surface area (Å²) in [6.45, 7) is 2.07. The molecule has 3 aliphatic rings. The van der Waals surface area contributed by atoms with E-state index in [1.807, 2.05) is 34.8 Å². The lowest BCUT2D eigenvalue weighted by Gasteiger charge is -2.50. The molecule has 1 N–H and O–H groups in total. The molecule has 2 aliphatic heterocycles. The van der Waals surface area contributed by atoms with Crippen LogP contribution in [0, 0.1) is 0 Å². The van der Waals surface area contributed by atoms with E-state index in [4.69, 9.17) is 0 Å². The predicted molar refractivity (Wildman–Crippen MR) is 107 cm³/mol. The second kappa shape index (κ2) is 6.06. The van der Waals surface area contributed by atoms with E-state index < -0.39 is 0 Å². The van der Waals surface area contributed by atoms with E-state index in [1.54, 1.807) is 0 Å². The number of nitrogens with zero attached hydrogens (tertiary/aromatic N) is 6. The molecule has 2 bridgehead atoms. The third-order valence-electron chi connectivity index (χ3n) is 6.99. The Morgan fingerprint density at radius 1 is 1.00 bits per heavy atom. The van der Waals surface area contributed by atoms with Crippen molar-refractivity contribution in [2.75, 3.05) is 18.0 Å². The van der Waals surface area contributed by atoms with E-state index in [2.05, 4.69) is 38.3 Å². The topological polar surface area (TPSA) is 61.8 Å².